The number of Topliss-reactive ketones (excluding diaryl/α,β-unsaturated/α-hetero) is 1. The zero-order valence-corrected chi connectivity index (χ0v) is 8.61. The smallest absolute Gasteiger partial charge is 0.238 e. The second kappa shape index (κ2) is 3.85. The number of carbonyl (C=O) groups is 1. The maximum absolute atomic E-state index is 11.4. The minimum atomic E-state index is -0.493. The summed E-state index contributed by atoms with van der Waals surface area (Å²) in [6, 6.07) is 0. The molecule has 4 nitrogen and oxygen atoms in total. The molecule has 0 aliphatic carbocycles. The summed E-state index contributed by atoms with van der Waals surface area (Å²) in [6.45, 7) is 3.50. The molecule has 1 rings (SSSR count). The van der Waals surface area contributed by atoms with E-state index in [1.165, 1.54) is 11.3 Å². The Morgan fingerprint density at radius 1 is 1.62 bits per heavy atom. The van der Waals surface area contributed by atoms with E-state index >= 15 is 0 Å². The zero-order chi connectivity index (χ0) is 10.0. The number of aromatic nitrogens is 1. The first kappa shape index (κ1) is 10.1. The van der Waals surface area contributed by atoms with Gasteiger partial charge in [0.1, 0.15) is 4.88 Å². The van der Waals surface area contributed by atoms with Gasteiger partial charge in [0.2, 0.25) is 11.0 Å². The summed E-state index contributed by atoms with van der Waals surface area (Å²) in [5.41, 5.74) is 0.606. The minimum Gasteiger partial charge on any atom is -0.410 e. The number of oxime groups is 1. The van der Waals surface area contributed by atoms with Crippen LogP contribution in [0, 0.1) is 13.8 Å². The predicted molar refractivity (Wildman–Crippen MR) is 51.0 cm³/mol. The highest BCUT2D eigenvalue weighted by molar-refractivity contribution is 7.15. The molecule has 0 bridgehead atoms. The molecule has 1 aromatic heterocycles. The predicted octanol–water partition coefficient (Wildman–Crippen LogP) is 1.97. The van der Waals surface area contributed by atoms with Crippen LogP contribution in [0.4, 0.5) is 0 Å². The van der Waals surface area contributed by atoms with Gasteiger partial charge in [-0.1, -0.05) is 16.8 Å². The van der Waals surface area contributed by atoms with Crippen LogP contribution in [0.15, 0.2) is 5.16 Å². The molecule has 13 heavy (non-hydrogen) atoms. The third-order valence-electron chi connectivity index (χ3n) is 1.38. The third-order valence-corrected chi connectivity index (χ3v) is 2.70. The van der Waals surface area contributed by atoms with Gasteiger partial charge in [-0.2, -0.15) is 0 Å². The molecule has 0 amide bonds. The van der Waals surface area contributed by atoms with Gasteiger partial charge >= 0.3 is 0 Å². The van der Waals surface area contributed by atoms with Crippen LogP contribution in [0.1, 0.15) is 20.4 Å². The molecule has 0 aliphatic rings. The lowest BCUT2D eigenvalue weighted by Gasteiger charge is -1.92. The Morgan fingerprint density at radius 3 is 2.62 bits per heavy atom. The van der Waals surface area contributed by atoms with E-state index in [1.54, 1.807) is 13.8 Å². The monoisotopic (exact) mass is 218 g/mol. The summed E-state index contributed by atoms with van der Waals surface area (Å²) in [5, 5.41) is 11.3. The van der Waals surface area contributed by atoms with Crippen molar-refractivity contribution in [1.82, 2.24) is 4.98 Å². The number of halogens is 1. The van der Waals surface area contributed by atoms with Crippen molar-refractivity contribution in [2.24, 2.45) is 5.16 Å². The van der Waals surface area contributed by atoms with E-state index in [4.69, 9.17) is 16.8 Å². The number of aryl methyl sites for hydroxylation is 2. The molecule has 0 radical (unpaired) electrons. The maximum Gasteiger partial charge on any atom is 0.238 e. The molecule has 0 aromatic carbocycles. The third kappa shape index (κ3) is 2.05. The molecule has 0 saturated carbocycles. The fourth-order valence-corrected chi connectivity index (χ4v) is 1.89. The van der Waals surface area contributed by atoms with Crippen molar-refractivity contribution in [3.05, 3.63) is 15.6 Å². The topological polar surface area (TPSA) is 62.5 Å². The Bertz CT molecular complexity index is 373. The van der Waals surface area contributed by atoms with E-state index in [0.717, 1.165) is 5.01 Å². The first-order valence-electron chi connectivity index (χ1n) is 3.42. The molecule has 0 saturated heterocycles. The highest BCUT2D eigenvalue weighted by atomic mass is 35.5. The number of hydrogen-bond donors (Lipinski definition) is 1. The van der Waals surface area contributed by atoms with Crippen LogP contribution in [-0.4, -0.2) is 21.1 Å². The molecule has 1 heterocycles. The second-order valence-corrected chi connectivity index (χ2v) is 3.93. The van der Waals surface area contributed by atoms with Crippen LogP contribution in [0.25, 0.3) is 0 Å². The summed E-state index contributed by atoms with van der Waals surface area (Å²) in [7, 11) is 0. The highest BCUT2D eigenvalue weighted by Crippen LogP contribution is 2.18. The van der Waals surface area contributed by atoms with Gasteiger partial charge in [-0.3, -0.25) is 4.79 Å². The van der Waals surface area contributed by atoms with Crippen molar-refractivity contribution >= 4 is 33.9 Å². The number of rotatable bonds is 2. The maximum atomic E-state index is 11.4. The van der Waals surface area contributed by atoms with Gasteiger partial charge in [0.25, 0.3) is 0 Å². The SMILES string of the molecule is Cc1nc(C)c(C(=O)/C(Cl)=N/O)s1. The average molecular weight is 219 g/mol. The van der Waals surface area contributed by atoms with Crippen LogP contribution in [0.2, 0.25) is 0 Å². The molecule has 6 heteroatoms. The molecule has 0 spiro atoms. The molecule has 0 atom stereocenters. The molecule has 70 valence electrons. The summed E-state index contributed by atoms with van der Waals surface area (Å²) in [6.07, 6.45) is 0. The molecule has 0 fully saturated rings. The van der Waals surface area contributed by atoms with Crippen LogP contribution in [0.3, 0.4) is 0 Å². The summed E-state index contributed by atoms with van der Waals surface area (Å²) < 4.78 is 0. The van der Waals surface area contributed by atoms with E-state index in [-0.39, 0.29) is 0 Å². The second-order valence-electron chi connectivity index (χ2n) is 2.37. The van der Waals surface area contributed by atoms with Crippen molar-refractivity contribution in [3.8, 4) is 0 Å². The lowest BCUT2D eigenvalue weighted by molar-refractivity contribution is 0.106. The summed E-state index contributed by atoms with van der Waals surface area (Å²) in [4.78, 5) is 15.8. The molecule has 1 N–H and O–H groups in total. The Labute approximate surface area is 83.9 Å². The van der Waals surface area contributed by atoms with Gasteiger partial charge in [-0.15, -0.1) is 11.3 Å². The van der Waals surface area contributed by atoms with Gasteiger partial charge in [-0.05, 0) is 13.8 Å². The number of nitrogens with zero attached hydrogens (tertiary/aromatic N) is 2. The molecule has 1 aromatic rings. The lowest BCUT2D eigenvalue weighted by Crippen LogP contribution is -2.07. The molecule has 0 unspecified atom stereocenters. The largest absolute Gasteiger partial charge is 0.410 e. The summed E-state index contributed by atoms with van der Waals surface area (Å²) >= 11 is 6.59. The van der Waals surface area contributed by atoms with Crippen LogP contribution in [-0.2, 0) is 0 Å². The van der Waals surface area contributed by atoms with Crippen molar-refractivity contribution in [1.29, 1.82) is 0 Å². The normalized spacial score (nSPS) is 11.8. The molecular formula is C7H7ClN2O2S. The Balaban J connectivity index is 3.09. The van der Waals surface area contributed by atoms with Gasteiger partial charge in [0.05, 0.1) is 10.7 Å². The fraction of sp³-hybridized carbons (Fsp3) is 0.286. The highest BCUT2D eigenvalue weighted by Gasteiger charge is 2.18. The number of hydrogen-bond acceptors (Lipinski definition) is 5. The molecule has 0 aliphatic heterocycles. The lowest BCUT2D eigenvalue weighted by atomic mass is 10.3. The first-order chi connectivity index (χ1) is 6.06. The number of ketones is 1. The van der Waals surface area contributed by atoms with Gasteiger partial charge in [-0.25, -0.2) is 4.98 Å². The zero-order valence-electron chi connectivity index (χ0n) is 7.04. The van der Waals surface area contributed by atoms with E-state index in [1.807, 2.05) is 0 Å². The van der Waals surface area contributed by atoms with Gasteiger partial charge in [0.15, 0.2) is 0 Å². The van der Waals surface area contributed by atoms with E-state index in [2.05, 4.69) is 10.1 Å². The van der Waals surface area contributed by atoms with Crippen molar-refractivity contribution in [3.63, 3.8) is 0 Å². The van der Waals surface area contributed by atoms with E-state index in [9.17, 15) is 4.79 Å². The van der Waals surface area contributed by atoms with Crippen LogP contribution in [0.5, 0.6) is 0 Å². The Kier molecular flexibility index (Phi) is 3.00. The van der Waals surface area contributed by atoms with Crippen molar-refractivity contribution < 1.29 is 10.0 Å². The Morgan fingerprint density at radius 2 is 2.23 bits per heavy atom. The standard InChI is InChI=1S/C7H7ClN2O2S/c1-3-6(13-4(2)9-3)5(11)7(8)10-12/h12H,1-2H3/b10-7-. The van der Waals surface area contributed by atoms with Gasteiger partial charge < -0.3 is 5.21 Å². The molecular weight excluding hydrogens is 212 g/mol. The Hall–Kier alpha value is -0.940. The number of carbonyl (C=O) groups excluding carboxylic acids is 1. The fourth-order valence-electron chi connectivity index (χ4n) is 0.881. The summed E-state index contributed by atoms with van der Waals surface area (Å²) in [5.74, 6) is -0.493. The van der Waals surface area contributed by atoms with Gasteiger partial charge in [0, 0.05) is 0 Å². The van der Waals surface area contributed by atoms with E-state index < -0.39 is 11.0 Å². The van der Waals surface area contributed by atoms with Crippen LogP contribution < -0.4 is 0 Å². The first-order valence-corrected chi connectivity index (χ1v) is 4.62. The minimum absolute atomic E-state index is 0.417. The average Bonchev–Trinajstić information content (AvgIpc) is 2.42. The quantitative estimate of drug-likeness (QED) is 0.357. The van der Waals surface area contributed by atoms with Crippen molar-refractivity contribution in [2.75, 3.05) is 0 Å². The number of thiazole rings is 1. The van der Waals surface area contributed by atoms with Crippen LogP contribution >= 0.6 is 22.9 Å². The van der Waals surface area contributed by atoms with Crippen molar-refractivity contribution in [2.45, 2.75) is 13.8 Å². The van der Waals surface area contributed by atoms with E-state index in [0.29, 0.717) is 10.6 Å².